The molecule has 4 unspecified atom stereocenters. The number of amides is 4. The summed E-state index contributed by atoms with van der Waals surface area (Å²) in [5.74, 6) is -3.08. The topological polar surface area (TPSA) is 194 Å². The molecule has 0 aliphatic rings. The maximum Gasteiger partial charge on any atom is 0.325 e. The maximum atomic E-state index is 12.8. The first kappa shape index (κ1) is 28.7. The van der Waals surface area contributed by atoms with Crippen LogP contribution in [-0.2, 0) is 24.0 Å². The molecule has 8 N–H and O–H groups in total. The predicted molar refractivity (Wildman–Crippen MR) is 118 cm³/mol. The molecule has 0 fully saturated rings. The Morgan fingerprint density at radius 1 is 0.903 bits per heavy atom. The van der Waals surface area contributed by atoms with Gasteiger partial charge in [0.2, 0.25) is 23.6 Å². The number of nitrogens with one attached hydrogen (secondary N) is 3. The van der Waals surface area contributed by atoms with Crippen LogP contribution >= 0.6 is 11.8 Å². The molecule has 0 heterocycles. The highest BCUT2D eigenvalue weighted by molar-refractivity contribution is 7.98. The highest BCUT2D eigenvalue weighted by Gasteiger charge is 2.29. The highest BCUT2D eigenvalue weighted by atomic mass is 32.2. The van der Waals surface area contributed by atoms with E-state index in [0.29, 0.717) is 18.6 Å². The van der Waals surface area contributed by atoms with Gasteiger partial charge in [0, 0.05) is 6.42 Å². The third-order valence-corrected chi connectivity index (χ3v) is 5.00. The molecule has 178 valence electrons. The minimum atomic E-state index is -1.25. The van der Waals surface area contributed by atoms with Gasteiger partial charge in [0.15, 0.2) is 0 Å². The summed E-state index contributed by atoms with van der Waals surface area (Å²) in [4.78, 5) is 59.8. The lowest BCUT2D eigenvalue weighted by Gasteiger charge is -2.25. The first-order valence-corrected chi connectivity index (χ1v) is 11.4. The van der Waals surface area contributed by atoms with Crippen LogP contribution in [0.3, 0.4) is 0 Å². The molecule has 0 radical (unpaired) electrons. The van der Waals surface area contributed by atoms with Crippen molar-refractivity contribution in [2.24, 2.45) is 17.4 Å². The van der Waals surface area contributed by atoms with Crippen LogP contribution < -0.4 is 27.4 Å². The van der Waals surface area contributed by atoms with Crippen molar-refractivity contribution in [2.75, 3.05) is 12.0 Å². The van der Waals surface area contributed by atoms with Gasteiger partial charge in [-0.15, -0.1) is 0 Å². The number of carbonyl (C=O) groups is 5. The van der Waals surface area contributed by atoms with Gasteiger partial charge in [-0.1, -0.05) is 13.8 Å². The standard InChI is InChI=1S/C19H35N5O6S/c1-10(2)9-14(24-16(26)12(20)7-8-31-4)18(28)23-13(5-6-15(21)25)17(27)22-11(3)19(29)30/h10-14H,5-9,20H2,1-4H3,(H2,21,25)(H,22,27)(H,23,28)(H,24,26)(H,29,30). The normalized spacial score (nSPS) is 14.8. The van der Waals surface area contributed by atoms with E-state index in [1.54, 1.807) is 11.8 Å². The zero-order chi connectivity index (χ0) is 24.1. The van der Waals surface area contributed by atoms with Crippen LogP contribution in [0.25, 0.3) is 0 Å². The molecule has 11 nitrogen and oxygen atoms in total. The summed E-state index contributed by atoms with van der Waals surface area (Å²) in [5, 5.41) is 16.4. The predicted octanol–water partition coefficient (Wildman–Crippen LogP) is -1.06. The summed E-state index contributed by atoms with van der Waals surface area (Å²) >= 11 is 1.55. The third kappa shape index (κ3) is 12.2. The molecule has 0 aromatic rings. The average molecular weight is 462 g/mol. The molecule has 0 saturated carbocycles. The van der Waals surface area contributed by atoms with Gasteiger partial charge in [-0.3, -0.25) is 24.0 Å². The fraction of sp³-hybridized carbons (Fsp3) is 0.737. The Kier molecular flexibility index (Phi) is 13.5. The molecule has 0 saturated heterocycles. The van der Waals surface area contributed by atoms with E-state index >= 15 is 0 Å². The van der Waals surface area contributed by atoms with Crippen molar-refractivity contribution >= 4 is 41.4 Å². The average Bonchev–Trinajstić information content (AvgIpc) is 2.67. The van der Waals surface area contributed by atoms with Gasteiger partial charge in [0.25, 0.3) is 0 Å². The molecule has 0 aliphatic heterocycles. The maximum absolute atomic E-state index is 12.8. The number of rotatable bonds is 15. The Balaban J connectivity index is 5.35. The van der Waals surface area contributed by atoms with Crippen molar-refractivity contribution in [3.63, 3.8) is 0 Å². The molecule has 31 heavy (non-hydrogen) atoms. The van der Waals surface area contributed by atoms with Gasteiger partial charge >= 0.3 is 5.97 Å². The molecule has 12 heteroatoms. The van der Waals surface area contributed by atoms with Gasteiger partial charge < -0.3 is 32.5 Å². The number of nitrogens with two attached hydrogens (primary N) is 2. The number of thioether (sulfide) groups is 1. The van der Waals surface area contributed by atoms with E-state index < -0.39 is 53.8 Å². The van der Waals surface area contributed by atoms with Crippen LogP contribution in [-0.4, -0.2) is 70.9 Å². The van der Waals surface area contributed by atoms with Crippen molar-refractivity contribution < 1.29 is 29.1 Å². The van der Waals surface area contributed by atoms with E-state index in [4.69, 9.17) is 16.6 Å². The first-order chi connectivity index (χ1) is 14.4. The van der Waals surface area contributed by atoms with E-state index in [-0.39, 0.29) is 18.8 Å². The summed E-state index contributed by atoms with van der Waals surface area (Å²) in [6.45, 7) is 5.00. The lowest BCUT2D eigenvalue weighted by molar-refractivity contribution is -0.142. The van der Waals surface area contributed by atoms with Gasteiger partial charge in [0.1, 0.15) is 18.1 Å². The Hall–Kier alpha value is -2.34. The molecular formula is C19H35N5O6S. The molecular weight excluding hydrogens is 426 g/mol. The summed E-state index contributed by atoms with van der Waals surface area (Å²) < 4.78 is 0. The molecule has 4 amide bonds. The molecule has 0 rings (SSSR count). The number of primary amides is 1. The van der Waals surface area contributed by atoms with Gasteiger partial charge in [-0.25, -0.2) is 0 Å². The molecule has 0 aliphatic carbocycles. The van der Waals surface area contributed by atoms with Crippen molar-refractivity contribution in [3.8, 4) is 0 Å². The van der Waals surface area contributed by atoms with E-state index in [1.165, 1.54) is 6.92 Å². The van der Waals surface area contributed by atoms with E-state index in [9.17, 15) is 24.0 Å². The molecule has 0 spiro atoms. The minimum Gasteiger partial charge on any atom is -0.480 e. The number of hydrogen-bond acceptors (Lipinski definition) is 7. The zero-order valence-corrected chi connectivity index (χ0v) is 19.3. The molecule has 0 bridgehead atoms. The van der Waals surface area contributed by atoms with Gasteiger partial charge in [-0.2, -0.15) is 11.8 Å². The second-order valence-electron chi connectivity index (χ2n) is 7.71. The smallest absolute Gasteiger partial charge is 0.325 e. The first-order valence-electron chi connectivity index (χ1n) is 10.1. The second kappa shape index (κ2) is 14.6. The van der Waals surface area contributed by atoms with Crippen LogP contribution in [0, 0.1) is 5.92 Å². The molecule has 0 aromatic carbocycles. The summed E-state index contributed by atoms with van der Waals surface area (Å²) in [6, 6.07) is -4.12. The quantitative estimate of drug-likeness (QED) is 0.177. The highest BCUT2D eigenvalue weighted by Crippen LogP contribution is 2.08. The van der Waals surface area contributed by atoms with Gasteiger partial charge in [0.05, 0.1) is 6.04 Å². The second-order valence-corrected chi connectivity index (χ2v) is 8.70. The lowest BCUT2D eigenvalue weighted by atomic mass is 10.0. The Labute approximate surface area is 186 Å². The number of carboxylic acids is 1. The number of carboxylic acid groups (broad SMARTS) is 1. The van der Waals surface area contributed by atoms with E-state index in [1.807, 2.05) is 20.1 Å². The Morgan fingerprint density at radius 3 is 1.94 bits per heavy atom. The zero-order valence-electron chi connectivity index (χ0n) is 18.5. The molecule has 0 aromatic heterocycles. The Morgan fingerprint density at radius 2 is 1.45 bits per heavy atom. The monoisotopic (exact) mass is 461 g/mol. The van der Waals surface area contributed by atoms with Crippen molar-refractivity contribution in [1.82, 2.24) is 16.0 Å². The SMILES string of the molecule is CSCCC(N)C(=O)NC(CC(C)C)C(=O)NC(CCC(N)=O)C(=O)NC(C)C(=O)O. The van der Waals surface area contributed by atoms with Crippen LogP contribution in [0.4, 0.5) is 0 Å². The van der Waals surface area contributed by atoms with Crippen LogP contribution in [0.1, 0.15) is 46.5 Å². The number of hydrogen-bond donors (Lipinski definition) is 6. The van der Waals surface area contributed by atoms with Crippen LogP contribution in [0.15, 0.2) is 0 Å². The fourth-order valence-electron chi connectivity index (χ4n) is 2.56. The van der Waals surface area contributed by atoms with E-state index in [0.717, 1.165) is 0 Å². The van der Waals surface area contributed by atoms with Crippen molar-refractivity contribution in [2.45, 2.75) is 70.6 Å². The number of aliphatic carboxylic acids is 1. The molecule has 4 atom stereocenters. The summed E-state index contributed by atoms with van der Waals surface area (Å²) in [7, 11) is 0. The fourth-order valence-corrected chi connectivity index (χ4v) is 3.05. The minimum absolute atomic E-state index is 0.0448. The van der Waals surface area contributed by atoms with Crippen molar-refractivity contribution in [1.29, 1.82) is 0 Å². The van der Waals surface area contributed by atoms with Gasteiger partial charge in [-0.05, 0) is 44.1 Å². The van der Waals surface area contributed by atoms with Crippen molar-refractivity contribution in [3.05, 3.63) is 0 Å². The summed E-state index contributed by atoms with van der Waals surface area (Å²) in [6.07, 6.45) is 2.32. The largest absolute Gasteiger partial charge is 0.480 e. The van der Waals surface area contributed by atoms with Crippen LogP contribution in [0.2, 0.25) is 0 Å². The van der Waals surface area contributed by atoms with E-state index in [2.05, 4.69) is 16.0 Å². The third-order valence-electron chi connectivity index (χ3n) is 4.35. The summed E-state index contributed by atoms with van der Waals surface area (Å²) in [5.41, 5.74) is 11.0. The Bertz CT molecular complexity index is 645. The number of carbonyl (C=O) groups excluding carboxylic acids is 4. The van der Waals surface area contributed by atoms with Crippen LogP contribution in [0.5, 0.6) is 0 Å². The lowest BCUT2D eigenvalue weighted by Crippen LogP contribution is -2.57.